The molecule has 4 rings (SSSR count). The zero-order chi connectivity index (χ0) is 33.4. The Morgan fingerprint density at radius 1 is 0.870 bits per heavy atom. The van der Waals surface area contributed by atoms with Crippen LogP contribution in [0.15, 0.2) is 106 Å². The molecule has 2 amide bonds. The van der Waals surface area contributed by atoms with Crippen LogP contribution in [0.4, 0.5) is 5.69 Å². The lowest BCUT2D eigenvalue weighted by Gasteiger charge is -2.34. The van der Waals surface area contributed by atoms with Gasteiger partial charge in [-0.2, -0.15) is 0 Å². The number of hydrogen-bond acceptors (Lipinski definition) is 4. The van der Waals surface area contributed by atoms with Crippen molar-refractivity contribution in [3.8, 4) is 0 Å². The van der Waals surface area contributed by atoms with Crippen molar-refractivity contribution < 1.29 is 18.0 Å². The molecule has 0 radical (unpaired) electrons. The predicted molar refractivity (Wildman–Crippen MR) is 189 cm³/mol. The van der Waals surface area contributed by atoms with Gasteiger partial charge in [0.1, 0.15) is 12.6 Å². The van der Waals surface area contributed by atoms with Crippen LogP contribution in [0.1, 0.15) is 37.0 Å². The molecule has 0 aliphatic heterocycles. The Balaban J connectivity index is 1.83. The first-order chi connectivity index (χ1) is 21.9. The summed E-state index contributed by atoms with van der Waals surface area (Å²) in [5.74, 6) is -0.924. The second kappa shape index (κ2) is 16.0. The van der Waals surface area contributed by atoms with E-state index < -0.39 is 28.5 Å². The largest absolute Gasteiger partial charge is 0.352 e. The van der Waals surface area contributed by atoms with E-state index >= 15 is 0 Å². The van der Waals surface area contributed by atoms with Crippen molar-refractivity contribution in [2.45, 2.75) is 57.1 Å². The molecule has 11 heteroatoms. The second-order valence-corrected chi connectivity index (χ2v) is 14.6. The monoisotopic (exact) mass is 743 g/mol. The molecule has 4 aromatic rings. The normalized spacial score (nSPS) is 12.7. The summed E-state index contributed by atoms with van der Waals surface area (Å²) >= 11 is 16.4. The van der Waals surface area contributed by atoms with Gasteiger partial charge in [0.25, 0.3) is 10.0 Å². The number of carbonyl (C=O) groups excluding carboxylic acids is 2. The van der Waals surface area contributed by atoms with Gasteiger partial charge in [-0.15, -0.1) is 0 Å². The van der Waals surface area contributed by atoms with Crippen molar-refractivity contribution in [1.29, 1.82) is 0 Å². The lowest BCUT2D eigenvalue weighted by Crippen LogP contribution is -2.54. The summed E-state index contributed by atoms with van der Waals surface area (Å²) in [6, 6.07) is 26.7. The smallest absolute Gasteiger partial charge is 0.264 e. The number of nitrogens with one attached hydrogen (secondary N) is 1. The van der Waals surface area contributed by atoms with E-state index in [1.54, 1.807) is 24.3 Å². The molecule has 0 bridgehead atoms. The fourth-order valence-electron chi connectivity index (χ4n) is 4.82. The van der Waals surface area contributed by atoms with E-state index in [1.165, 1.54) is 23.1 Å². The summed E-state index contributed by atoms with van der Waals surface area (Å²) in [6.07, 6.45) is 0.911. The number of amides is 2. The van der Waals surface area contributed by atoms with Crippen LogP contribution in [0.2, 0.25) is 10.0 Å². The van der Waals surface area contributed by atoms with Crippen LogP contribution >= 0.6 is 39.1 Å². The minimum Gasteiger partial charge on any atom is -0.352 e. The SMILES string of the molecule is CC[C@@H](C)NC(=O)[C@H](Cc1ccccc1)N(Cc1ccc(Br)cc1)C(=O)CN(c1cccc(Cl)c1Cl)S(=O)(=O)c1ccc(C)cc1. The lowest BCUT2D eigenvalue weighted by atomic mass is 10.0. The molecule has 0 fully saturated rings. The molecule has 46 heavy (non-hydrogen) atoms. The molecule has 0 aromatic heterocycles. The number of hydrogen-bond donors (Lipinski definition) is 1. The van der Waals surface area contributed by atoms with Crippen LogP contribution in [0.5, 0.6) is 0 Å². The minimum atomic E-state index is -4.31. The van der Waals surface area contributed by atoms with Crippen LogP contribution in [-0.4, -0.2) is 43.8 Å². The zero-order valence-electron chi connectivity index (χ0n) is 25.8. The fraction of sp³-hybridized carbons (Fsp3) is 0.257. The quantitative estimate of drug-likeness (QED) is 0.151. The number of benzene rings is 4. The molecule has 1 N–H and O–H groups in total. The summed E-state index contributed by atoms with van der Waals surface area (Å²) in [7, 11) is -4.31. The van der Waals surface area contributed by atoms with Crippen LogP contribution in [0, 0.1) is 6.92 Å². The first kappa shape index (κ1) is 35.5. The van der Waals surface area contributed by atoms with E-state index in [0.29, 0.717) is 6.42 Å². The van der Waals surface area contributed by atoms with Gasteiger partial charge < -0.3 is 10.2 Å². The first-order valence-corrected chi connectivity index (χ1v) is 17.8. The second-order valence-electron chi connectivity index (χ2n) is 11.1. The highest BCUT2D eigenvalue weighted by molar-refractivity contribution is 9.10. The van der Waals surface area contributed by atoms with Gasteiger partial charge in [-0.25, -0.2) is 8.42 Å². The molecule has 2 atom stereocenters. The van der Waals surface area contributed by atoms with Crippen LogP contribution < -0.4 is 9.62 Å². The Kier molecular flexibility index (Phi) is 12.3. The van der Waals surface area contributed by atoms with Gasteiger partial charge in [0.05, 0.1) is 20.6 Å². The average Bonchev–Trinajstić information content (AvgIpc) is 3.04. The molecule has 4 aromatic carbocycles. The third kappa shape index (κ3) is 8.91. The van der Waals surface area contributed by atoms with Crippen LogP contribution in [-0.2, 0) is 32.6 Å². The Bertz CT molecular complexity index is 1760. The van der Waals surface area contributed by atoms with Gasteiger partial charge in [0, 0.05) is 23.5 Å². The number of nitrogens with zero attached hydrogens (tertiary/aromatic N) is 2. The minimum absolute atomic E-state index is 0.0116. The van der Waals surface area contributed by atoms with Gasteiger partial charge in [-0.1, -0.05) is 112 Å². The van der Waals surface area contributed by atoms with E-state index in [2.05, 4.69) is 21.2 Å². The number of sulfonamides is 1. The Morgan fingerprint density at radius 2 is 1.52 bits per heavy atom. The highest BCUT2D eigenvalue weighted by atomic mass is 79.9. The number of halogens is 3. The van der Waals surface area contributed by atoms with E-state index in [-0.39, 0.29) is 45.5 Å². The Hall–Kier alpha value is -3.37. The molecule has 242 valence electrons. The van der Waals surface area contributed by atoms with Crippen LogP contribution in [0.25, 0.3) is 0 Å². The average molecular weight is 746 g/mol. The number of rotatable bonds is 13. The first-order valence-electron chi connectivity index (χ1n) is 14.8. The standard InChI is InChI=1S/C35H36BrCl2N3O4S/c1-4-25(3)39-35(43)32(21-26-9-6-5-7-10-26)40(22-27-15-17-28(36)18-16-27)33(42)23-41(31-12-8-11-30(37)34(31)38)46(44,45)29-19-13-24(2)14-20-29/h5-20,25,32H,4,21-23H2,1-3H3,(H,39,43)/t25-,32+/m1/s1. The maximum Gasteiger partial charge on any atom is 0.264 e. The van der Waals surface area contributed by atoms with E-state index in [1.807, 2.05) is 75.4 Å². The molecule has 0 heterocycles. The summed E-state index contributed by atoms with van der Waals surface area (Å²) in [5.41, 5.74) is 2.54. The van der Waals surface area contributed by atoms with Gasteiger partial charge in [0.15, 0.2) is 0 Å². The lowest BCUT2D eigenvalue weighted by molar-refractivity contribution is -0.140. The third-order valence-corrected chi connectivity index (χ3v) is 10.7. The third-order valence-electron chi connectivity index (χ3n) is 7.63. The molecular weight excluding hydrogens is 709 g/mol. The summed E-state index contributed by atoms with van der Waals surface area (Å²) in [5, 5.41) is 3.16. The van der Waals surface area contributed by atoms with Crippen molar-refractivity contribution in [1.82, 2.24) is 10.2 Å². The molecular formula is C35H36BrCl2N3O4S. The summed E-state index contributed by atoms with van der Waals surface area (Å²) < 4.78 is 30.2. The Labute approximate surface area is 289 Å². The van der Waals surface area contributed by atoms with Gasteiger partial charge >= 0.3 is 0 Å². The van der Waals surface area contributed by atoms with Crippen molar-refractivity contribution in [3.63, 3.8) is 0 Å². The van der Waals surface area contributed by atoms with E-state index in [0.717, 1.165) is 25.5 Å². The molecule has 0 aliphatic rings. The molecule has 0 aliphatic carbocycles. The topological polar surface area (TPSA) is 86.8 Å². The van der Waals surface area contributed by atoms with Crippen molar-refractivity contribution >= 4 is 66.7 Å². The Morgan fingerprint density at radius 3 is 2.15 bits per heavy atom. The van der Waals surface area contributed by atoms with Gasteiger partial charge in [-0.3, -0.25) is 13.9 Å². The van der Waals surface area contributed by atoms with E-state index in [9.17, 15) is 18.0 Å². The number of aryl methyl sites for hydroxylation is 1. The molecule has 0 spiro atoms. The van der Waals surface area contributed by atoms with Crippen LogP contribution in [0.3, 0.4) is 0 Å². The van der Waals surface area contributed by atoms with Gasteiger partial charge in [-0.05, 0) is 67.8 Å². The zero-order valence-corrected chi connectivity index (χ0v) is 29.7. The maximum atomic E-state index is 14.6. The number of carbonyl (C=O) groups is 2. The van der Waals surface area contributed by atoms with Crippen molar-refractivity contribution in [3.05, 3.63) is 128 Å². The molecule has 0 saturated heterocycles. The van der Waals surface area contributed by atoms with Crippen molar-refractivity contribution in [2.24, 2.45) is 0 Å². The molecule has 0 unspecified atom stereocenters. The van der Waals surface area contributed by atoms with E-state index in [4.69, 9.17) is 23.2 Å². The van der Waals surface area contributed by atoms with Gasteiger partial charge in [0.2, 0.25) is 11.8 Å². The van der Waals surface area contributed by atoms with Crippen molar-refractivity contribution in [2.75, 3.05) is 10.8 Å². The molecule has 0 saturated carbocycles. The molecule has 7 nitrogen and oxygen atoms in total. The maximum absolute atomic E-state index is 14.6. The highest BCUT2D eigenvalue weighted by Gasteiger charge is 2.35. The highest BCUT2D eigenvalue weighted by Crippen LogP contribution is 2.35. The number of anilines is 1. The fourth-order valence-corrected chi connectivity index (χ4v) is 6.96. The predicted octanol–water partition coefficient (Wildman–Crippen LogP) is 7.81. The summed E-state index contributed by atoms with van der Waals surface area (Å²) in [6.45, 7) is 5.14. The summed E-state index contributed by atoms with van der Waals surface area (Å²) in [4.78, 5) is 29.9.